The molecule has 12 heteroatoms. The molecule has 2 aliphatic rings. The van der Waals surface area contributed by atoms with Crippen molar-refractivity contribution in [3.63, 3.8) is 0 Å². The topological polar surface area (TPSA) is 115 Å². The lowest BCUT2D eigenvalue weighted by Gasteiger charge is -2.30. The number of fused-ring (bicyclic) bond motifs is 1. The number of nitrogens with zero attached hydrogens (tertiary/aromatic N) is 2. The summed E-state index contributed by atoms with van der Waals surface area (Å²) in [6.07, 6.45) is 0.654. The molecule has 2 aromatic rings. The molecule has 0 spiro atoms. The predicted molar refractivity (Wildman–Crippen MR) is 151 cm³/mol. The highest BCUT2D eigenvalue weighted by atomic mass is 32.2. The molecule has 1 unspecified atom stereocenters. The number of benzene rings is 2. The first-order valence-electron chi connectivity index (χ1n) is 14.0. The molecule has 41 heavy (non-hydrogen) atoms. The molecular formula is C29H39FN2O8S. The lowest BCUT2D eigenvalue weighted by molar-refractivity contribution is 0.0282. The smallest absolute Gasteiger partial charge is 0.494 e. The Morgan fingerprint density at radius 1 is 1.07 bits per heavy atom. The first-order valence-corrected chi connectivity index (χ1v) is 15.6. The van der Waals surface area contributed by atoms with Gasteiger partial charge >= 0.3 is 6.16 Å². The molecule has 226 valence electrons. The molecule has 1 N–H and O–H groups in total. The van der Waals surface area contributed by atoms with Crippen LogP contribution >= 0.6 is 0 Å². The van der Waals surface area contributed by atoms with Crippen molar-refractivity contribution in [2.75, 3.05) is 45.8 Å². The second-order valence-electron chi connectivity index (χ2n) is 10.3. The maximum Gasteiger partial charge on any atom is 0.506 e. The van der Waals surface area contributed by atoms with Gasteiger partial charge in [0.1, 0.15) is 6.10 Å². The number of sulfonamides is 1. The third-order valence-corrected chi connectivity index (χ3v) is 9.58. The first kappa shape index (κ1) is 30.9. The highest BCUT2D eigenvalue weighted by Gasteiger charge is 2.46. The molecule has 0 amide bonds. The number of hydrogen-bond donors (Lipinski definition) is 1. The number of likely N-dealkylation sites (tertiary alicyclic amines) is 1. The molecule has 0 saturated carbocycles. The molecule has 1 fully saturated rings. The van der Waals surface area contributed by atoms with Gasteiger partial charge in [-0.1, -0.05) is 38.8 Å². The molecule has 0 aromatic heterocycles. The minimum Gasteiger partial charge on any atom is -0.494 e. The largest absolute Gasteiger partial charge is 0.506 e. The van der Waals surface area contributed by atoms with Crippen LogP contribution in [0, 0.1) is 5.82 Å². The van der Waals surface area contributed by atoms with Crippen molar-refractivity contribution in [3.8, 4) is 17.2 Å². The summed E-state index contributed by atoms with van der Waals surface area (Å²) in [5.41, 5.74) is 1.28. The van der Waals surface area contributed by atoms with Gasteiger partial charge in [-0.25, -0.2) is 21.9 Å². The molecule has 2 aromatic carbocycles. The van der Waals surface area contributed by atoms with Crippen molar-refractivity contribution in [3.05, 3.63) is 53.3 Å². The van der Waals surface area contributed by atoms with E-state index >= 15 is 0 Å². The number of unbranched alkanes of at least 4 members (excludes halogenated alkanes) is 2. The Morgan fingerprint density at radius 3 is 2.51 bits per heavy atom. The van der Waals surface area contributed by atoms with E-state index in [0.717, 1.165) is 18.4 Å². The average molecular weight is 595 g/mol. The zero-order valence-electron chi connectivity index (χ0n) is 23.8. The summed E-state index contributed by atoms with van der Waals surface area (Å²) in [7, 11) is -2.11. The van der Waals surface area contributed by atoms with Gasteiger partial charge in [-0.2, -0.15) is 0 Å². The summed E-state index contributed by atoms with van der Waals surface area (Å²) >= 11 is 0. The minimum absolute atomic E-state index is 0.0635. The molecule has 2 heterocycles. The van der Waals surface area contributed by atoms with Gasteiger partial charge in [-0.15, -0.1) is 0 Å². The van der Waals surface area contributed by atoms with E-state index < -0.39 is 40.1 Å². The standard InChI is InChI=1S/C29H39FN2O8S/c1-4-6-7-15-41(35,36)32(12-5-2)14-13-31-18-22(20-8-11-25-26(17-20)39-19-38-25)28(40-29(33)34)27(31)21-9-10-24(37-3)23(30)16-21/h8-11,16-17,22,27-28H,4-7,12-15,18-19H2,1-3H3,(H,33,34)/t22?,27-,28+/m1/s1. The highest BCUT2D eigenvalue weighted by Crippen LogP contribution is 2.45. The molecule has 4 rings (SSSR count). The Balaban J connectivity index is 1.68. The number of methoxy groups -OCH3 is 1. The van der Waals surface area contributed by atoms with Crippen molar-refractivity contribution in [2.24, 2.45) is 0 Å². The van der Waals surface area contributed by atoms with Crippen LogP contribution in [0.5, 0.6) is 17.2 Å². The Hall–Kier alpha value is -3.09. The number of ether oxygens (including phenoxy) is 4. The number of hydrogen-bond acceptors (Lipinski definition) is 8. The Bertz CT molecular complexity index is 1310. The number of carboxylic acid groups (broad SMARTS) is 1. The monoisotopic (exact) mass is 594 g/mol. The van der Waals surface area contributed by atoms with Crippen LogP contribution in [0.2, 0.25) is 0 Å². The second-order valence-corrected chi connectivity index (χ2v) is 12.4. The Kier molecular flexibility index (Phi) is 10.3. The van der Waals surface area contributed by atoms with Crippen molar-refractivity contribution >= 4 is 16.2 Å². The van der Waals surface area contributed by atoms with Gasteiger partial charge in [-0.05, 0) is 48.2 Å². The van der Waals surface area contributed by atoms with Crippen LogP contribution < -0.4 is 14.2 Å². The van der Waals surface area contributed by atoms with Gasteiger partial charge in [0.25, 0.3) is 0 Å². The molecular weight excluding hydrogens is 555 g/mol. The zero-order valence-corrected chi connectivity index (χ0v) is 24.6. The summed E-state index contributed by atoms with van der Waals surface area (Å²) in [6.45, 7) is 5.30. The van der Waals surface area contributed by atoms with Crippen LogP contribution in [0.25, 0.3) is 0 Å². The first-order chi connectivity index (χ1) is 19.7. The fraction of sp³-hybridized carbons (Fsp3) is 0.552. The van der Waals surface area contributed by atoms with Crippen molar-refractivity contribution in [1.29, 1.82) is 0 Å². The van der Waals surface area contributed by atoms with Gasteiger partial charge in [0.05, 0.1) is 18.9 Å². The fourth-order valence-corrected chi connectivity index (χ4v) is 7.29. The summed E-state index contributed by atoms with van der Waals surface area (Å²) in [5.74, 6) is 0.270. The van der Waals surface area contributed by atoms with Crippen LogP contribution in [-0.2, 0) is 14.8 Å². The van der Waals surface area contributed by atoms with Crippen molar-refractivity contribution in [1.82, 2.24) is 9.21 Å². The fourth-order valence-electron chi connectivity index (χ4n) is 5.64. The molecule has 0 bridgehead atoms. The van der Waals surface area contributed by atoms with Crippen molar-refractivity contribution < 1.29 is 41.7 Å². The maximum absolute atomic E-state index is 14.9. The Labute approximate surface area is 241 Å². The molecule has 0 radical (unpaired) electrons. The van der Waals surface area contributed by atoms with Crippen LogP contribution in [0.1, 0.15) is 62.6 Å². The molecule has 3 atom stereocenters. The normalized spacial score (nSPS) is 20.5. The quantitative estimate of drug-likeness (QED) is 0.238. The van der Waals surface area contributed by atoms with E-state index in [1.165, 1.54) is 23.5 Å². The molecule has 1 saturated heterocycles. The predicted octanol–water partition coefficient (Wildman–Crippen LogP) is 5.00. The van der Waals surface area contributed by atoms with Crippen LogP contribution in [0.4, 0.5) is 9.18 Å². The highest BCUT2D eigenvalue weighted by molar-refractivity contribution is 7.89. The number of carbonyl (C=O) groups is 1. The van der Waals surface area contributed by atoms with E-state index in [9.17, 15) is 22.7 Å². The lowest BCUT2D eigenvalue weighted by atomic mass is 9.90. The number of halogens is 1. The maximum atomic E-state index is 14.9. The van der Waals surface area contributed by atoms with Gasteiger partial charge in [0, 0.05) is 32.1 Å². The Morgan fingerprint density at radius 2 is 1.83 bits per heavy atom. The summed E-state index contributed by atoms with van der Waals surface area (Å²) in [6, 6.07) is 9.25. The third kappa shape index (κ3) is 7.22. The summed E-state index contributed by atoms with van der Waals surface area (Å²) in [5, 5.41) is 9.71. The number of rotatable bonds is 14. The van der Waals surface area contributed by atoms with E-state index in [4.69, 9.17) is 18.9 Å². The molecule has 10 nitrogen and oxygen atoms in total. The van der Waals surface area contributed by atoms with Gasteiger partial charge in [0.15, 0.2) is 23.1 Å². The molecule has 0 aliphatic carbocycles. The summed E-state index contributed by atoms with van der Waals surface area (Å²) in [4.78, 5) is 13.9. The van der Waals surface area contributed by atoms with E-state index in [0.29, 0.717) is 49.5 Å². The van der Waals surface area contributed by atoms with Gasteiger partial charge < -0.3 is 24.1 Å². The van der Waals surface area contributed by atoms with E-state index in [1.807, 2.05) is 30.9 Å². The van der Waals surface area contributed by atoms with Crippen LogP contribution in [0.15, 0.2) is 36.4 Å². The SMILES string of the molecule is CCCCCS(=O)(=O)N(CCC)CCN1CC(c2ccc3c(c2)OCO3)[C@H](OC(=O)O)[C@H]1c1ccc(OC)c(F)c1. The van der Waals surface area contributed by atoms with E-state index in [-0.39, 0.29) is 24.8 Å². The summed E-state index contributed by atoms with van der Waals surface area (Å²) < 4.78 is 64.3. The van der Waals surface area contributed by atoms with E-state index in [1.54, 1.807) is 12.1 Å². The lowest BCUT2D eigenvalue weighted by Crippen LogP contribution is -2.41. The van der Waals surface area contributed by atoms with Crippen LogP contribution in [0.3, 0.4) is 0 Å². The van der Waals surface area contributed by atoms with Gasteiger partial charge in [-0.3, -0.25) is 4.90 Å². The minimum atomic E-state index is -3.48. The van der Waals surface area contributed by atoms with Crippen LogP contribution in [-0.4, -0.2) is 80.8 Å². The van der Waals surface area contributed by atoms with Crippen molar-refractivity contribution in [2.45, 2.75) is 57.6 Å². The van der Waals surface area contributed by atoms with Gasteiger partial charge in [0.2, 0.25) is 16.8 Å². The third-order valence-electron chi connectivity index (χ3n) is 7.62. The second kappa shape index (κ2) is 13.7. The molecule has 2 aliphatic heterocycles. The zero-order chi connectivity index (χ0) is 29.6. The van der Waals surface area contributed by atoms with E-state index in [2.05, 4.69) is 0 Å². The average Bonchev–Trinajstić information content (AvgIpc) is 3.54.